The normalized spacial score (nSPS) is 18.1. The van der Waals surface area contributed by atoms with Crippen LogP contribution in [0.5, 0.6) is 0 Å². The first kappa shape index (κ1) is 26.1. The number of dihydropyridines is 1. The number of aryl methyl sites for hydroxylation is 2. The van der Waals surface area contributed by atoms with E-state index in [1.54, 1.807) is 32.3 Å². The second-order valence-electron chi connectivity index (χ2n) is 9.67. The average Bonchev–Trinajstić information content (AvgIpc) is 2.90. The van der Waals surface area contributed by atoms with E-state index >= 15 is 0 Å². The highest BCUT2D eigenvalue weighted by Crippen LogP contribution is 2.26. The first-order valence-electron chi connectivity index (χ1n) is 12.5. The minimum absolute atomic E-state index is 0.0322. The summed E-state index contributed by atoms with van der Waals surface area (Å²) in [5.41, 5.74) is 7.29. The van der Waals surface area contributed by atoms with Crippen molar-refractivity contribution < 1.29 is 4.79 Å². The summed E-state index contributed by atoms with van der Waals surface area (Å²) >= 11 is 0. The van der Waals surface area contributed by atoms with Crippen molar-refractivity contribution in [3.8, 4) is 0 Å². The van der Waals surface area contributed by atoms with Gasteiger partial charge >= 0.3 is 0 Å². The van der Waals surface area contributed by atoms with Gasteiger partial charge in [0.15, 0.2) is 0 Å². The topological polar surface area (TPSA) is 69.0 Å². The predicted molar refractivity (Wildman–Crippen MR) is 154 cm³/mol. The van der Waals surface area contributed by atoms with Gasteiger partial charge in [-0.15, -0.1) is 0 Å². The van der Waals surface area contributed by atoms with E-state index in [0.717, 1.165) is 64.7 Å². The Morgan fingerprint density at radius 2 is 2.03 bits per heavy atom. The van der Waals surface area contributed by atoms with Crippen LogP contribution in [0.2, 0.25) is 0 Å². The fourth-order valence-corrected chi connectivity index (χ4v) is 4.62. The number of allylic oxidation sites excluding steroid dienone is 1. The quantitative estimate of drug-likeness (QED) is 0.707. The van der Waals surface area contributed by atoms with Gasteiger partial charge in [0.05, 0.1) is 17.6 Å². The number of rotatable bonds is 4. The fourth-order valence-electron chi connectivity index (χ4n) is 4.62. The molecule has 7 heteroatoms. The summed E-state index contributed by atoms with van der Waals surface area (Å²) in [5, 5.41) is 5.24. The Hall–Kier alpha value is -3.97. The van der Waals surface area contributed by atoms with Gasteiger partial charge in [-0.2, -0.15) is 0 Å². The van der Waals surface area contributed by atoms with Crippen LogP contribution in [-0.4, -0.2) is 71.6 Å². The first-order valence-corrected chi connectivity index (χ1v) is 12.5. The zero-order valence-electron chi connectivity index (χ0n) is 22.5. The number of aromatic amines is 1. The first-order chi connectivity index (χ1) is 17.8. The summed E-state index contributed by atoms with van der Waals surface area (Å²) < 4.78 is 2.04. The number of H-pyrrole nitrogens is 1. The third-order valence-electron chi connectivity index (χ3n) is 6.82. The molecule has 1 N–H and O–H groups in total. The Bertz CT molecular complexity index is 1460. The number of benzene rings is 1. The third kappa shape index (κ3) is 6.06. The maximum absolute atomic E-state index is 12.3. The Labute approximate surface area is 218 Å². The van der Waals surface area contributed by atoms with Crippen molar-refractivity contribution in [2.24, 2.45) is 17.0 Å². The lowest BCUT2D eigenvalue weighted by molar-refractivity contribution is 0.0827. The molecule has 0 saturated heterocycles. The van der Waals surface area contributed by atoms with Crippen LogP contribution < -0.4 is 10.4 Å². The summed E-state index contributed by atoms with van der Waals surface area (Å²) in [6.45, 7) is 9.04. The maximum Gasteiger partial charge on any atom is 0.253 e. The number of amides is 1. The van der Waals surface area contributed by atoms with Crippen LogP contribution in [0.15, 0.2) is 64.7 Å². The lowest BCUT2D eigenvalue weighted by Crippen LogP contribution is -2.31. The molecule has 0 aliphatic carbocycles. The average molecular weight is 497 g/mol. The smallest absolute Gasteiger partial charge is 0.253 e. The van der Waals surface area contributed by atoms with E-state index in [-0.39, 0.29) is 5.91 Å². The molecule has 0 radical (unpaired) electrons. The molecule has 1 aromatic heterocycles. The SMILES string of the molecule is C=c1cc(CN2CC=C(c3ccc(C(=O)N(C)C)cc3C)CC2)n(C)[nH]cc/c1=C1/C=CC(=NC)C=N1. The van der Waals surface area contributed by atoms with Crippen molar-refractivity contribution in [2.75, 3.05) is 34.2 Å². The Balaban J connectivity index is 1.55. The van der Waals surface area contributed by atoms with Crippen LogP contribution in [-0.2, 0) is 13.6 Å². The molecule has 37 heavy (non-hydrogen) atoms. The summed E-state index contributed by atoms with van der Waals surface area (Å²) in [6, 6.07) is 10.2. The number of carbonyl (C=O) groups is 1. The summed E-state index contributed by atoms with van der Waals surface area (Å²) in [4.78, 5) is 25.1. The Kier molecular flexibility index (Phi) is 8.04. The van der Waals surface area contributed by atoms with Gasteiger partial charge in [-0.3, -0.25) is 24.4 Å². The highest BCUT2D eigenvalue weighted by molar-refractivity contribution is 6.37. The molecule has 3 heterocycles. The summed E-state index contributed by atoms with van der Waals surface area (Å²) in [7, 11) is 7.35. The van der Waals surface area contributed by atoms with Gasteiger partial charge in [-0.1, -0.05) is 18.7 Å². The van der Waals surface area contributed by atoms with Crippen LogP contribution in [0.3, 0.4) is 0 Å². The number of nitrogens with one attached hydrogen (secondary N) is 1. The highest BCUT2D eigenvalue weighted by atomic mass is 16.2. The largest absolute Gasteiger partial charge is 0.345 e. The van der Waals surface area contributed by atoms with Crippen molar-refractivity contribution in [3.63, 3.8) is 0 Å². The predicted octanol–water partition coefficient (Wildman–Crippen LogP) is 3.01. The Morgan fingerprint density at radius 3 is 2.65 bits per heavy atom. The molecule has 0 spiro atoms. The second-order valence-corrected chi connectivity index (χ2v) is 9.67. The van der Waals surface area contributed by atoms with Crippen LogP contribution in [0.4, 0.5) is 0 Å². The molecule has 7 nitrogen and oxygen atoms in total. The van der Waals surface area contributed by atoms with Gasteiger partial charge in [-0.05, 0) is 71.7 Å². The molecule has 0 atom stereocenters. The molecular formula is C30H36N6O. The van der Waals surface area contributed by atoms with Crippen LogP contribution in [0, 0.1) is 6.92 Å². The fraction of sp³-hybridized carbons (Fsp3) is 0.300. The molecule has 4 rings (SSSR count). The molecule has 2 aliphatic rings. The molecule has 0 bridgehead atoms. The van der Waals surface area contributed by atoms with E-state index in [0.29, 0.717) is 0 Å². The highest BCUT2D eigenvalue weighted by Gasteiger charge is 2.17. The van der Waals surface area contributed by atoms with Gasteiger partial charge < -0.3 is 10.00 Å². The van der Waals surface area contributed by atoms with E-state index in [2.05, 4.69) is 51.7 Å². The van der Waals surface area contributed by atoms with E-state index in [9.17, 15) is 4.79 Å². The molecule has 2 aromatic rings. The number of carbonyl (C=O) groups excluding carboxylic acids is 1. The number of aliphatic imine (C=N–C) groups is 2. The summed E-state index contributed by atoms with van der Waals surface area (Å²) in [6.07, 6.45) is 10.9. The number of nitrogens with zero attached hydrogens (tertiary/aromatic N) is 5. The lowest BCUT2D eigenvalue weighted by Gasteiger charge is -2.27. The third-order valence-corrected chi connectivity index (χ3v) is 6.82. The molecule has 1 aromatic carbocycles. The van der Waals surface area contributed by atoms with Gasteiger partial charge in [0.1, 0.15) is 0 Å². The number of hydrogen-bond donors (Lipinski definition) is 1. The zero-order valence-corrected chi connectivity index (χ0v) is 22.5. The molecule has 1 amide bonds. The minimum Gasteiger partial charge on any atom is -0.345 e. The van der Waals surface area contributed by atoms with Crippen LogP contribution in [0.25, 0.3) is 17.8 Å². The van der Waals surface area contributed by atoms with E-state index in [1.165, 1.54) is 11.1 Å². The molecule has 192 valence electrons. The Morgan fingerprint density at radius 1 is 1.22 bits per heavy atom. The standard InChI is InChI=1S/C30H36N6O/c1-21-17-24(30(37)34(4)5)7-9-27(21)23-12-15-36(16-13-23)20-26-18-22(2)28(11-14-33-35(26)6)29-10-8-25(31-3)19-32-29/h7-12,14,17-19,33H,2,13,15-16,20H2,1,3-6H3/b14-11?,26-18?,29-28+,31-25?. The van der Waals surface area contributed by atoms with E-state index in [1.807, 2.05) is 48.3 Å². The molecule has 2 aliphatic heterocycles. The van der Waals surface area contributed by atoms with E-state index in [4.69, 9.17) is 0 Å². The molecule has 0 unspecified atom stereocenters. The minimum atomic E-state index is 0.0322. The van der Waals surface area contributed by atoms with Crippen molar-refractivity contribution in [1.29, 1.82) is 0 Å². The van der Waals surface area contributed by atoms with Crippen molar-refractivity contribution >= 4 is 35.7 Å². The van der Waals surface area contributed by atoms with Gasteiger partial charge in [0.25, 0.3) is 5.91 Å². The van der Waals surface area contributed by atoms with Crippen LogP contribution >= 0.6 is 0 Å². The number of aromatic nitrogens is 2. The summed E-state index contributed by atoms with van der Waals surface area (Å²) in [5.74, 6) is 0.0322. The molecule has 0 fully saturated rings. The van der Waals surface area contributed by atoms with Crippen molar-refractivity contribution in [2.45, 2.75) is 19.9 Å². The maximum atomic E-state index is 12.3. The van der Waals surface area contributed by atoms with Crippen molar-refractivity contribution in [3.05, 3.63) is 87.6 Å². The van der Waals surface area contributed by atoms with Gasteiger partial charge in [-0.25, -0.2) is 0 Å². The zero-order chi connectivity index (χ0) is 26.5. The second kappa shape index (κ2) is 11.4. The molecular weight excluding hydrogens is 460 g/mol. The van der Waals surface area contributed by atoms with Crippen LogP contribution in [0.1, 0.15) is 33.6 Å². The van der Waals surface area contributed by atoms with Crippen molar-refractivity contribution in [1.82, 2.24) is 19.6 Å². The number of hydrogen-bond acceptors (Lipinski definition) is 4. The van der Waals surface area contributed by atoms with Gasteiger partial charge in [0, 0.05) is 70.5 Å². The van der Waals surface area contributed by atoms with Gasteiger partial charge in [0.2, 0.25) is 0 Å². The van der Waals surface area contributed by atoms with E-state index < -0.39 is 0 Å². The molecule has 0 saturated carbocycles. The monoisotopic (exact) mass is 496 g/mol. The lowest BCUT2D eigenvalue weighted by atomic mass is 9.94.